The van der Waals surface area contributed by atoms with Crippen molar-refractivity contribution in [3.05, 3.63) is 35.4 Å². The average molecular weight is 244 g/mol. The Morgan fingerprint density at radius 3 is 2.44 bits per heavy atom. The summed E-state index contributed by atoms with van der Waals surface area (Å²) >= 11 is 0. The van der Waals surface area contributed by atoms with Crippen LogP contribution < -0.4 is 5.32 Å². The molecule has 2 nitrogen and oxygen atoms in total. The number of rotatable bonds is 8. The molecule has 0 atom stereocenters. The molecule has 1 aromatic carbocycles. The van der Waals surface area contributed by atoms with E-state index in [1.807, 2.05) is 7.05 Å². The van der Waals surface area contributed by atoms with Gasteiger partial charge in [-0.3, -0.25) is 4.90 Å². The fourth-order valence-corrected chi connectivity index (χ4v) is 2.00. The van der Waals surface area contributed by atoms with Crippen LogP contribution in [0.15, 0.2) is 24.3 Å². The Balaban J connectivity index is 2.53. The van der Waals surface area contributed by atoms with Crippen LogP contribution in [0, 0.1) is 12.3 Å². The minimum atomic E-state index is 0.731. The van der Waals surface area contributed by atoms with E-state index in [0.717, 1.165) is 39.0 Å². The Bertz CT molecular complexity index is 362. The van der Waals surface area contributed by atoms with Crippen LogP contribution in [-0.2, 0) is 13.0 Å². The van der Waals surface area contributed by atoms with Crippen LogP contribution in [-0.4, -0.2) is 31.6 Å². The Labute approximate surface area is 111 Å². The van der Waals surface area contributed by atoms with E-state index in [1.165, 1.54) is 11.1 Å². The van der Waals surface area contributed by atoms with Crippen molar-refractivity contribution in [3.8, 4) is 12.3 Å². The van der Waals surface area contributed by atoms with E-state index in [9.17, 15) is 0 Å². The van der Waals surface area contributed by atoms with Crippen LogP contribution in [0.2, 0.25) is 0 Å². The third kappa shape index (κ3) is 5.35. The first-order chi connectivity index (χ1) is 8.80. The van der Waals surface area contributed by atoms with Gasteiger partial charge in [0.1, 0.15) is 0 Å². The van der Waals surface area contributed by atoms with Gasteiger partial charge in [0, 0.05) is 6.54 Å². The second kappa shape index (κ2) is 8.74. The van der Waals surface area contributed by atoms with Gasteiger partial charge in [-0.1, -0.05) is 37.1 Å². The van der Waals surface area contributed by atoms with Gasteiger partial charge in [-0.25, -0.2) is 0 Å². The van der Waals surface area contributed by atoms with Gasteiger partial charge in [0.25, 0.3) is 0 Å². The third-order valence-electron chi connectivity index (χ3n) is 2.95. The number of hydrogen-bond acceptors (Lipinski definition) is 2. The highest BCUT2D eigenvalue weighted by Gasteiger charge is 2.03. The summed E-state index contributed by atoms with van der Waals surface area (Å²) in [6.07, 6.45) is 7.62. The van der Waals surface area contributed by atoms with Crippen molar-refractivity contribution >= 4 is 0 Å². The molecular weight excluding hydrogens is 220 g/mol. The smallest absolute Gasteiger partial charge is 0.0601 e. The van der Waals surface area contributed by atoms with Crippen molar-refractivity contribution in [1.82, 2.24) is 10.2 Å². The molecule has 0 bridgehead atoms. The summed E-state index contributed by atoms with van der Waals surface area (Å²) in [5, 5.41) is 3.17. The first-order valence-electron chi connectivity index (χ1n) is 6.68. The summed E-state index contributed by atoms with van der Waals surface area (Å²) in [7, 11) is 1.98. The first-order valence-corrected chi connectivity index (χ1v) is 6.68. The van der Waals surface area contributed by atoms with Gasteiger partial charge >= 0.3 is 0 Å². The molecule has 1 aromatic rings. The van der Waals surface area contributed by atoms with Gasteiger partial charge in [-0.05, 0) is 44.1 Å². The molecule has 1 N–H and O–H groups in total. The van der Waals surface area contributed by atoms with Gasteiger partial charge < -0.3 is 5.32 Å². The van der Waals surface area contributed by atoms with Crippen LogP contribution in [0.25, 0.3) is 0 Å². The maximum Gasteiger partial charge on any atom is 0.0601 e. The molecule has 2 heteroatoms. The van der Waals surface area contributed by atoms with Crippen LogP contribution in [0.1, 0.15) is 24.5 Å². The molecule has 0 heterocycles. The Hall–Kier alpha value is -1.30. The van der Waals surface area contributed by atoms with Crippen LogP contribution in [0.4, 0.5) is 0 Å². The van der Waals surface area contributed by atoms with Crippen molar-refractivity contribution in [3.63, 3.8) is 0 Å². The highest BCUT2D eigenvalue weighted by molar-refractivity contribution is 5.22. The highest BCUT2D eigenvalue weighted by atomic mass is 15.1. The minimum Gasteiger partial charge on any atom is -0.319 e. The fourth-order valence-electron chi connectivity index (χ4n) is 2.00. The van der Waals surface area contributed by atoms with E-state index in [0.29, 0.717) is 0 Å². The maximum absolute atomic E-state index is 5.39. The Morgan fingerprint density at radius 1 is 1.22 bits per heavy atom. The van der Waals surface area contributed by atoms with E-state index < -0.39 is 0 Å². The number of likely N-dealkylation sites (N-methyl/N-ethyl adjacent to an activating group) is 1. The summed E-state index contributed by atoms with van der Waals surface area (Å²) in [6.45, 7) is 5.95. The number of benzene rings is 1. The summed E-state index contributed by atoms with van der Waals surface area (Å²) in [6, 6.07) is 8.85. The molecule has 0 saturated heterocycles. The largest absolute Gasteiger partial charge is 0.319 e. The average Bonchev–Trinajstić information content (AvgIpc) is 2.38. The molecular formula is C16H24N2. The fraction of sp³-hybridized carbons (Fsp3) is 0.500. The monoisotopic (exact) mass is 244 g/mol. The van der Waals surface area contributed by atoms with Gasteiger partial charge in [-0.2, -0.15) is 0 Å². The van der Waals surface area contributed by atoms with Crippen molar-refractivity contribution in [1.29, 1.82) is 0 Å². The highest BCUT2D eigenvalue weighted by Crippen LogP contribution is 2.08. The molecule has 0 aromatic heterocycles. The zero-order valence-corrected chi connectivity index (χ0v) is 11.6. The quantitative estimate of drug-likeness (QED) is 0.706. The Kier molecular flexibility index (Phi) is 7.17. The van der Waals surface area contributed by atoms with Crippen molar-refractivity contribution in [2.24, 2.45) is 0 Å². The van der Waals surface area contributed by atoms with Gasteiger partial charge in [0.05, 0.1) is 6.54 Å². The lowest BCUT2D eigenvalue weighted by Gasteiger charge is -2.19. The molecule has 0 fully saturated rings. The summed E-state index contributed by atoms with van der Waals surface area (Å²) in [5.74, 6) is 2.73. The molecule has 0 aliphatic heterocycles. The van der Waals surface area contributed by atoms with Crippen LogP contribution in [0.3, 0.4) is 0 Å². The van der Waals surface area contributed by atoms with Crippen molar-refractivity contribution < 1.29 is 0 Å². The van der Waals surface area contributed by atoms with E-state index in [-0.39, 0.29) is 0 Å². The lowest BCUT2D eigenvalue weighted by molar-refractivity contribution is 0.299. The molecule has 0 unspecified atom stereocenters. The van der Waals surface area contributed by atoms with Gasteiger partial charge in [0.15, 0.2) is 0 Å². The van der Waals surface area contributed by atoms with Gasteiger partial charge in [-0.15, -0.1) is 6.42 Å². The molecule has 98 valence electrons. The molecule has 0 saturated carbocycles. The summed E-state index contributed by atoms with van der Waals surface area (Å²) in [5.41, 5.74) is 2.72. The normalized spacial score (nSPS) is 10.6. The minimum absolute atomic E-state index is 0.731. The molecule has 0 aliphatic rings. The lowest BCUT2D eigenvalue weighted by atomic mass is 10.1. The van der Waals surface area contributed by atoms with Crippen molar-refractivity contribution in [2.75, 3.05) is 26.7 Å². The molecule has 0 spiro atoms. The molecule has 0 amide bonds. The van der Waals surface area contributed by atoms with E-state index in [1.54, 1.807) is 0 Å². The predicted octanol–water partition coefficient (Wildman–Crippen LogP) is 2.29. The standard InChI is InChI=1S/C16H24N2/c1-4-12-18(13-5-2)14-16-8-6-15(7-9-16)10-11-17-3/h1,6-9,17H,5,10-14H2,2-3H3. The molecule has 0 aliphatic carbocycles. The summed E-state index contributed by atoms with van der Waals surface area (Å²) < 4.78 is 0. The predicted molar refractivity (Wildman–Crippen MR) is 78.5 cm³/mol. The summed E-state index contributed by atoms with van der Waals surface area (Å²) in [4.78, 5) is 2.31. The van der Waals surface area contributed by atoms with Crippen LogP contribution >= 0.6 is 0 Å². The molecule has 0 radical (unpaired) electrons. The number of hydrogen-bond donors (Lipinski definition) is 1. The van der Waals surface area contributed by atoms with E-state index in [4.69, 9.17) is 6.42 Å². The zero-order valence-electron chi connectivity index (χ0n) is 11.6. The SMILES string of the molecule is C#CCN(CCC)Cc1ccc(CCNC)cc1. The lowest BCUT2D eigenvalue weighted by Crippen LogP contribution is -2.24. The third-order valence-corrected chi connectivity index (χ3v) is 2.95. The second-order valence-electron chi connectivity index (χ2n) is 4.58. The topological polar surface area (TPSA) is 15.3 Å². The van der Waals surface area contributed by atoms with Gasteiger partial charge in [0.2, 0.25) is 0 Å². The van der Waals surface area contributed by atoms with Crippen LogP contribution in [0.5, 0.6) is 0 Å². The second-order valence-corrected chi connectivity index (χ2v) is 4.58. The zero-order chi connectivity index (χ0) is 13.2. The van der Waals surface area contributed by atoms with Crippen molar-refractivity contribution in [2.45, 2.75) is 26.3 Å². The Morgan fingerprint density at radius 2 is 1.89 bits per heavy atom. The number of nitrogens with one attached hydrogen (secondary N) is 1. The molecule has 1 rings (SSSR count). The van der Waals surface area contributed by atoms with E-state index in [2.05, 4.69) is 47.3 Å². The molecule has 18 heavy (non-hydrogen) atoms. The number of terminal acetylenes is 1. The first kappa shape index (κ1) is 14.8. The maximum atomic E-state index is 5.39. The number of nitrogens with zero attached hydrogens (tertiary/aromatic N) is 1. The van der Waals surface area contributed by atoms with E-state index >= 15 is 0 Å².